The molecular weight excluding hydrogens is 264 g/mol. The highest BCUT2D eigenvalue weighted by molar-refractivity contribution is 6.34. The van der Waals surface area contributed by atoms with Crippen molar-refractivity contribution < 1.29 is 9.90 Å². The fraction of sp³-hybridized carbons (Fsp3) is 0.0714. The van der Waals surface area contributed by atoms with E-state index in [9.17, 15) is 9.90 Å². The first-order chi connectivity index (χ1) is 9.00. The minimum absolute atomic E-state index is 0.145. The number of nitrogens with zero attached hydrogens (tertiary/aromatic N) is 1. The van der Waals surface area contributed by atoms with Crippen molar-refractivity contribution in [1.29, 1.82) is 0 Å². The Morgan fingerprint density at radius 1 is 1.21 bits per heavy atom. The number of rotatable bonds is 2. The molecular formula is C14H13ClN2O2. The lowest BCUT2D eigenvalue weighted by molar-refractivity contribution is 0.0994. The van der Waals surface area contributed by atoms with Crippen LogP contribution in [0, 0.1) is 0 Å². The van der Waals surface area contributed by atoms with Crippen molar-refractivity contribution >= 4 is 28.9 Å². The fourth-order valence-corrected chi connectivity index (χ4v) is 1.87. The van der Waals surface area contributed by atoms with E-state index in [1.165, 1.54) is 17.0 Å². The van der Waals surface area contributed by atoms with Gasteiger partial charge in [-0.3, -0.25) is 4.79 Å². The molecule has 4 nitrogen and oxygen atoms in total. The van der Waals surface area contributed by atoms with Crippen LogP contribution in [0.2, 0.25) is 5.02 Å². The molecule has 0 atom stereocenters. The van der Waals surface area contributed by atoms with Crippen molar-refractivity contribution in [2.45, 2.75) is 0 Å². The van der Waals surface area contributed by atoms with E-state index in [0.717, 1.165) is 0 Å². The summed E-state index contributed by atoms with van der Waals surface area (Å²) in [5, 5.41) is 9.59. The van der Waals surface area contributed by atoms with Crippen LogP contribution in [0.5, 0.6) is 5.75 Å². The van der Waals surface area contributed by atoms with Gasteiger partial charge in [-0.25, -0.2) is 0 Å². The average molecular weight is 277 g/mol. The second-order valence-electron chi connectivity index (χ2n) is 4.08. The summed E-state index contributed by atoms with van der Waals surface area (Å²) in [7, 11) is 1.63. The van der Waals surface area contributed by atoms with E-state index in [4.69, 9.17) is 17.3 Å². The van der Waals surface area contributed by atoms with Gasteiger partial charge in [0.05, 0.1) is 16.3 Å². The summed E-state index contributed by atoms with van der Waals surface area (Å²) in [5.74, 6) is -0.113. The number of nitrogens with two attached hydrogens (primary N) is 1. The van der Waals surface area contributed by atoms with Crippen molar-refractivity contribution in [3.63, 3.8) is 0 Å². The van der Waals surface area contributed by atoms with E-state index >= 15 is 0 Å². The van der Waals surface area contributed by atoms with Gasteiger partial charge in [-0.05, 0) is 36.4 Å². The Balaban J connectivity index is 2.33. The van der Waals surface area contributed by atoms with Crippen molar-refractivity contribution in [3.05, 3.63) is 53.1 Å². The Morgan fingerprint density at radius 3 is 2.47 bits per heavy atom. The molecule has 19 heavy (non-hydrogen) atoms. The Kier molecular flexibility index (Phi) is 3.62. The summed E-state index contributed by atoms with van der Waals surface area (Å²) in [6.45, 7) is 0. The summed E-state index contributed by atoms with van der Waals surface area (Å²) < 4.78 is 0. The molecule has 2 aromatic rings. The maximum absolute atomic E-state index is 12.3. The molecule has 2 rings (SSSR count). The van der Waals surface area contributed by atoms with E-state index in [1.54, 1.807) is 37.4 Å². The van der Waals surface area contributed by atoms with Crippen LogP contribution >= 0.6 is 11.6 Å². The first-order valence-electron chi connectivity index (χ1n) is 5.62. The molecule has 98 valence electrons. The summed E-state index contributed by atoms with van der Waals surface area (Å²) in [5.41, 5.74) is 7.07. The Morgan fingerprint density at radius 2 is 1.84 bits per heavy atom. The summed E-state index contributed by atoms with van der Waals surface area (Å²) in [4.78, 5) is 13.8. The highest BCUT2D eigenvalue weighted by Crippen LogP contribution is 2.25. The highest BCUT2D eigenvalue weighted by atomic mass is 35.5. The monoisotopic (exact) mass is 276 g/mol. The molecule has 0 spiro atoms. The van der Waals surface area contributed by atoms with Gasteiger partial charge >= 0.3 is 0 Å². The average Bonchev–Trinajstić information content (AvgIpc) is 2.41. The molecule has 0 fully saturated rings. The maximum Gasteiger partial charge on any atom is 0.260 e. The number of nitrogen functional groups attached to an aromatic ring is 1. The van der Waals surface area contributed by atoms with Gasteiger partial charge < -0.3 is 15.7 Å². The lowest BCUT2D eigenvalue weighted by Crippen LogP contribution is -2.27. The number of hydrogen-bond donors (Lipinski definition) is 2. The van der Waals surface area contributed by atoms with E-state index in [-0.39, 0.29) is 17.3 Å². The Labute approximate surface area is 116 Å². The fourth-order valence-electron chi connectivity index (χ4n) is 1.70. The lowest BCUT2D eigenvalue weighted by atomic mass is 10.1. The highest BCUT2D eigenvalue weighted by Gasteiger charge is 2.17. The van der Waals surface area contributed by atoms with Gasteiger partial charge in [0.15, 0.2) is 0 Å². The first kappa shape index (κ1) is 13.2. The zero-order valence-corrected chi connectivity index (χ0v) is 11.1. The number of phenolic OH excluding ortho intramolecular Hbond substituents is 1. The van der Waals surface area contributed by atoms with Crippen LogP contribution in [0.1, 0.15) is 10.4 Å². The number of amides is 1. The molecule has 0 bridgehead atoms. The molecule has 3 N–H and O–H groups in total. The van der Waals surface area contributed by atoms with Gasteiger partial charge in [0, 0.05) is 12.7 Å². The van der Waals surface area contributed by atoms with Gasteiger partial charge in [0.2, 0.25) is 0 Å². The number of anilines is 2. The predicted octanol–water partition coefficient (Wildman–Crippen LogP) is 2.90. The van der Waals surface area contributed by atoms with Gasteiger partial charge in [-0.1, -0.05) is 17.7 Å². The van der Waals surface area contributed by atoms with E-state index < -0.39 is 0 Å². The maximum atomic E-state index is 12.3. The molecule has 0 unspecified atom stereocenters. The van der Waals surface area contributed by atoms with Crippen LogP contribution in [0.15, 0.2) is 42.5 Å². The number of para-hydroxylation sites is 1. The SMILES string of the molecule is CN(C(=O)c1cccc(Cl)c1N)c1ccc(O)cc1. The molecule has 0 saturated carbocycles. The number of carbonyl (C=O) groups is 1. The van der Waals surface area contributed by atoms with Crippen LogP contribution in [-0.2, 0) is 0 Å². The number of halogens is 1. The second kappa shape index (κ2) is 5.20. The first-order valence-corrected chi connectivity index (χ1v) is 5.99. The van der Waals surface area contributed by atoms with Gasteiger partial charge in [-0.15, -0.1) is 0 Å². The van der Waals surface area contributed by atoms with Crippen molar-refractivity contribution in [2.24, 2.45) is 0 Å². The molecule has 0 heterocycles. The van der Waals surface area contributed by atoms with Gasteiger partial charge in [-0.2, -0.15) is 0 Å². The van der Waals surface area contributed by atoms with Crippen molar-refractivity contribution in [1.82, 2.24) is 0 Å². The smallest absolute Gasteiger partial charge is 0.260 e. The normalized spacial score (nSPS) is 10.2. The standard InChI is InChI=1S/C14H13ClN2O2/c1-17(9-5-7-10(18)8-6-9)14(19)11-3-2-4-12(15)13(11)16/h2-8,18H,16H2,1H3. The third kappa shape index (κ3) is 2.63. The van der Waals surface area contributed by atoms with E-state index in [0.29, 0.717) is 16.3 Å². The minimum atomic E-state index is -0.259. The zero-order valence-electron chi connectivity index (χ0n) is 10.3. The Hall–Kier alpha value is -2.20. The number of aromatic hydroxyl groups is 1. The minimum Gasteiger partial charge on any atom is -0.508 e. The molecule has 0 saturated heterocycles. The summed E-state index contributed by atoms with van der Waals surface area (Å²) in [6, 6.07) is 11.3. The molecule has 0 radical (unpaired) electrons. The molecule has 0 aromatic heterocycles. The number of phenols is 1. The molecule has 2 aromatic carbocycles. The zero-order chi connectivity index (χ0) is 14.0. The largest absolute Gasteiger partial charge is 0.508 e. The molecule has 1 amide bonds. The Bertz CT molecular complexity index is 611. The molecule has 0 aliphatic heterocycles. The number of hydrogen-bond acceptors (Lipinski definition) is 3. The summed E-state index contributed by atoms with van der Waals surface area (Å²) in [6.07, 6.45) is 0. The van der Waals surface area contributed by atoms with Crippen molar-refractivity contribution in [2.75, 3.05) is 17.7 Å². The van der Waals surface area contributed by atoms with E-state index in [1.807, 2.05) is 0 Å². The lowest BCUT2D eigenvalue weighted by Gasteiger charge is -2.18. The van der Waals surface area contributed by atoms with Gasteiger partial charge in [0.1, 0.15) is 5.75 Å². The van der Waals surface area contributed by atoms with Crippen LogP contribution in [-0.4, -0.2) is 18.1 Å². The van der Waals surface area contributed by atoms with Crippen molar-refractivity contribution in [3.8, 4) is 5.75 Å². The van der Waals surface area contributed by atoms with Crippen LogP contribution < -0.4 is 10.6 Å². The third-order valence-corrected chi connectivity index (χ3v) is 3.15. The molecule has 0 aliphatic rings. The quantitative estimate of drug-likeness (QED) is 0.829. The molecule has 5 heteroatoms. The molecule has 0 aliphatic carbocycles. The van der Waals surface area contributed by atoms with Crippen LogP contribution in [0.25, 0.3) is 0 Å². The predicted molar refractivity (Wildman–Crippen MR) is 76.7 cm³/mol. The van der Waals surface area contributed by atoms with Crippen LogP contribution in [0.3, 0.4) is 0 Å². The number of carbonyl (C=O) groups excluding carboxylic acids is 1. The van der Waals surface area contributed by atoms with Gasteiger partial charge in [0.25, 0.3) is 5.91 Å². The third-order valence-electron chi connectivity index (χ3n) is 2.82. The van der Waals surface area contributed by atoms with E-state index in [2.05, 4.69) is 0 Å². The topological polar surface area (TPSA) is 66.6 Å². The second-order valence-corrected chi connectivity index (χ2v) is 4.49. The number of benzene rings is 2. The van der Waals surface area contributed by atoms with Crippen LogP contribution in [0.4, 0.5) is 11.4 Å². The summed E-state index contributed by atoms with van der Waals surface area (Å²) >= 11 is 5.90.